The van der Waals surface area contributed by atoms with Gasteiger partial charge in [0, 0.05) is 23.7 Å². The minimum atomic E-state index is -0.0542. The zero-order valence-corrected chi connectivity index (χ0v) is 14.4. The molecule has 1 unspecified atom stereocenters. The molecule has 4 nitrogen and oxygen atoms in total. The number of nitrogens with two attached hydrogens (primary N) is 1. The third kappa shape index (κ3) is 4.29. The number of ketones is 1. The Balaban J connectivity index is 1.72. The summed E-state index contributed by atoms with van der Waals surface area (Å²) in [6.07, 6.45) is 4.94. The Kier molecular flexibility index (Phi) is 4.89. The van der Waals surface area contributed by atoms with E-state index in [1.54, 1.807) is 6.08 Å². The molecule has 0 amide bonds. The normalized spacial score (nSPS) is 16.5. The highest BCUT2D eigenvalue weighted by Crippen LogP contribution is 2.29. The highest BCUT2D eigenvalue weighted by molar-refractivity contribution is 6.00. The molecule has 0 heterocycles. The number of hydrogen-bond donors (Lipinski definition) is 1. The fraction of sp³-hybridized carbons (Fsp3) is 0.190. The predicted molar refractivity (Wildman–Crippen MR) is 98.4 cm³/mol. The van der Waals surface area contributed by atoms with Crippen molar-refractivity contribution in [1.29, 1.82) is 0 Å². The van der Waals surface area contributed by atoms with Crippen LogP contribution < -0.4 is 15.2 Å². The van der Waals surface area contributed by atoms with Gasteiger partial charge in [-0.05, 0) is 42.3 Å². The average molecular weight is 335 g/mol. The van der Waals surface area contributed by atoms with E-state index in [2.05, 4.69) is 0 Å². The van der Waals surface area contributed by atoms with E-state index >= 15 is 0 Å². The summed E-state index contributed by atoms with van der Waals surface area (Å²) < 4.78 is 11.8. The van der Waals surface area contributed by atoms with Crippen LogP contribution in [0.4, 0.5) is 5.69 Å². The topological polar surface area (TPSA) is 61.6 Å². The second kappa shape index (κ2) is 7.26. The lowest BCUT2D eigenvalue weighted by molar-refractivity contribution is -0.110. The predicted octanol–water partition coefficient (Wildman–Crippen LogP) is 4.19. The molecule has 128 valence electrons. The van der Waals surface area contributed by atoms with Crippen LogP contribution in [0.15, 0.2) is 66.5 Å². The van der Waals surface area contributed by atoms with Gasteiger partial charge < -0.3 is 15.2 Å². The third-order valence-electron chi connectivity index (χ3n) is 4.06. The summed E-state index contributed by atoms with van der Waals surface area (Å²) in [6.45, 7) is 4.40. The number of benzene rings is 2. The summed E-state index contributed by atoms with van der Waals surface area (Å²) in [4.78, 5) is 11.6. The number of carbonyl (C=O) groups excluding carboxylic acids is 1. The van der Waals surface area contributed by atoms with Gasteiger partial charge in [0.05, 0.1) is 0 Å². The maximum atomic E-state index is 11.6. The monoisotopic (exact) mass is 335 g/mol. The first-order valence-corrected chi connectivity index (χ1v) is 8.21. The number of nitrogen functional groups attached to an aromatic ring is 1. The van der Waals surface area contributed by atoms with Crippen LogP contribution in [0.2, 0.25) is 0 Å². The van der Waals surface area contributed by atoms with Gasteiger partial charge in [-0.25, -0.2) is 0 Å². The molecule has 2 aromatic carbocycles. The molecule has 0 spiro atoms. The quantitative estimate of drug-likeness (QED) is 0.832. The Bertz CT molecular complexity index is 835. The van der Waals surface area contributed by atoms with Gasteiger partial charge in [-0.1, -0.05) is 31.2 Å². The van der Waals surface area contributed by atoms with Crippen molar-refractivity contribution >= 4 is 11.5 Å². The SMILES string of the molecule is Cc1ccc(OCc2ccc(N)cc2)cc1OC1=CC(=O)C=CC1C. The highest BCUT2D eigenvalue weighted by atomic mass is 16.5. The number of allylic oxidation sites excluding steroid dienone is 3. The van der Waals surface area contributed by atoms with E-state index in [1.165, 1.54) is 6.08 Å². The van der Waals surface area contributed by atoms with Gasteiger partial charge in [0.2, 0.25) is 0 Å². The molecule has 1 aliphatic rings. The Morgan fingerprint density at radius 3 is 2.64 bits per heavy atom. The Morgan fingerprint density at radius 2 is 1.88 bits per heavy atom. The van der Waals surface area contributed by atoms with Crippen LogP contribution >= 0.6 is 0 Å². The summed E-state index contributed by atoms with van der Waals surface area (Å²) in [7, 11) is 0. The highest BCUT2D eigenvalue weighted by Gasteiger charge is 2.16. The molecule has 2 aromatic rings. The van der Waals surface area contributed by atoms with E-state index in [0.29, 0.717) is 23.9 Å². The molecule has 0 bridgehead atoms. The molecule has 2 N–H and O–H groups in total. The van der Waals surface area contributed by atoms with Crippen LogP contribution in [-0.4, -0.2) is 5.78 Å². The van der Waals surface area contributed by atoms with Crippen molar-refractivity contribution in [2.45, 2.75) is 20.5 Å². The minimum Gasteiger partial charge on any atom is -0.489 e. The maximum Gasteiger partial charge on any atom is 0.181 e. The Morgan fingerprint density at radius 1 is 1.12 bits per heavy atom. The van der Waals surface area contributed by atoms with E-state index in [-0.39, 0.29) is 11.7 Å². The summed E-state index contributed by atoms with van der Waals surface area (Å²) in [5.74, 6) is 2.06. The van der Waals surface area contributed by atoms with Gasteiger partial charge in [-0.2, -0.15) is 0 Å². The largest absolute Gasteiger partial charge is 0.489 e. The molecule has 4 heteroatoms. The van der Waals surface area contributed by atoms with Gasteiger partial charge in [0.15, 0.2) is 5.78 Å². The van der Waals surface area contributed by atoms with Crippen LogP contribution in [0.3, 0.4) is 0 Å². The molecule has 0 fully saturated rings. The van der Waals surface area contributed by atoms with E-state index in [1.807, 2.05) is 62.4 Å². The van der Waals surface area contributed by atoms with Crippen molar-refractivity contribution in [2.24, 2.45) is 5.92 Å². The van der Waals surface area contributed by atoms with E-state index in [9.17, 15) is 4.79 Å². The van der Waals surface area contributed by atoms with Crippen molar-refractivity contribution in [3.05, 3.63) is 77.6 Å². The molecule has 0 aliphatic heterocycles. The zero-order valence-electron chi connectivity index (χ0n) is 14.4. The first-order chi connectivity index (χ1) is 12.0. The summed E-state index contributed by atoms with van der Waals surface area (Å²) >= 11 is 0. The van der Waals surface area contributed by atoms with Crippen molar-refractivity contribution in [3.63, 3.8) is 0 Å². The van der Waals surface area contributed by atoms with Crippen molar-refractivity contribution in [2.75, 3.05) is 5.73 Å². The Hall–Kier alpha value is -3.01. The molecule has 0 aromatic heterocycles. The smallest absolute Gasteiger partial charge is 0.181 e. The molecule has 0 radical (unpaired) electrons. The van der Waals surface area contributed by atoms with E-state index < -0.39 is 0 Å². The van der Waals surface area contributed by atoms with Crippen molar-refractivity contribution < 1.29 is 14.3 Å². The second-order valence-corrected chi connectivity index (χ2v) is 6.16. The number of carbonyl (C=O) groups is 1. The number of rotatable bonds is 5. The van der Waals surface area contributed by atoms with Crippen molar-refractivity contribution in [3.8, 4) is 11.5 Å². The molecule has 1 atom stereocenters. The lowest BCUT2D eigenvalue weighted by Gasteiger charge is -2.18. The van der Waals surface area contributed by atoms with E-state index in [0.717, 1.165) is 16.8 Å². The number of aryl methyl sites for hydroxylation is 1. The average Bonchev–Trinajstić information content (AvgIpc) is 2.60. The summed E-state index contributed by atoms with van der Waals surface area (Å²) in [6, 6.07) is 13.3. The van der Waals surface area contributed by atoms with Gasteiger partial charge in [-0.3, -0.25) is 4.79 Å². The van der Waals surface area contributed by atoms with Crippen LogP contribution in [0, 0.1) is 12.8 Å². The Labute approximate surface area is 147 Å². The third-order valence-corrected chi connectivity index (χ3v) is 4.06. The van der Waals surface area contributed by atoms with Crippen molar-refractivity contribution in [1.82, 2.24) is 0 Å². The van der Waals surface area contributed by atoms with Crippen LogP contribution in [-0.2, 0) is 11.4 Å². The fourth-order valence-corrected chi connectivity index (χ4v) is 2.46. The lowest BCUT2D eigenvalue weighted by atomic mass is 10.0. The van der Waals surface area contributed by atoms with Gasteiger partial charge >= 0.3 is 0 Å². The maximum absolute atomic E-state index is 11.6. The summed E-state index contributed by atoms with van der Waals surface area (Å²) in [5.41, 5.74) is 8.44. The molecule has 0 saturated heterocycles. The second-order valence-electron chi connectivity index (χ2n) is 6.16. The lowest BCUT2D eigenvalue weighted by Crippen LogP contribution is -2.11. The molecule has 25 heavy (non-hydrogen) atoms. The zero-order chi connectivity index (χ0) is 17.8. The number of anilines is 1. The van der Waals surface area contributed by atoms with Crippen LogP contribution in [0.5, 0.6) is 11.5 Å². The van der Waals surface area contributed by atoms with E-state index in [4.69, 9.17) is 15.2 Å². The molecule has 1 aliphatic carbocycles. The van der Waals surface area contributed by atoms with Crippen LogP contribution in [0.25, 0.3) is 0 Å². The summed E-state index contributed by atoms with van der Waals surface area (Å²) in [5, 5.41) is 0. The minimum absolute atomic E-state index is 0.0542. The van der Waals surface area contributed by atoms with Gasteiger partial charge in [0.25, 0.3) is 0 Å². The number of hydrogen-bond acceptors (Lipinski definition) is 4. The first kappa shape index (κ1) is 16.8. The molecular formula is C21H21NO3. The standard InChI is InChI=1S/C21H21NO3/c1-14-3-9-18(23)11-20(14)25-21-12-19(10-4-15(21)2)24-13-16-5-7-17(22)8-6-16/h3-12,14H,13,22H2,1-2H3. The molecule has 0 saturated carbocycles. The fourth-order valence-electron chi connectivity index (χ4n) is 2.46. The van der Waals surface area contributed by atoms with Gasteiger partial charge in [0.1, 0.15) is 23.9 Å². The molecule has 3 rings (SSSR count). The van der Waals surface area contributed by atoms with Gasteiger partial charge in [-0.15, -0.1) is 0 Å². The van der Waals surface area contributed by atoms with Crippen LogP contribution in [0.1, 0.15) is 18.1 Å². The number of ether oxygens (including phenoxy) is 2. The first-order valence-electron chi connectivity index (χ1n) is 8.21. The molecular weight excluding hydrogens is 314 g/mol.